The Morgan fingerprint density at radius 2 is 1.65 bits per heavy atom. The van der Waals surface area contributed by atoms with Crippen LogP contribution in [0, 0.1) is 0 Å². The Kier molecular flexibility index (Phi) is 3.29. The smallest absolute Gasteiger partial charge is 0.255 e. The molecule has 0 aromatic heterocycles. The summed E-state index contributed by atoms with van der Waals surface area (Å²) in [7, 11) is 0. The summed E-state index contributed by atoms with van der Waals surface area (Å²) in [4.78, 5) is 16.3. The lowest BCUT2D eigenvalue weighted by Crippen LogP contribution is -2.31. The largest absolute Gasteiger partial charge is 0.508 e. The molecular weight excluding hydrogens is 252 g/mol. The highest BCUT2D eigenvalue weighted by atomic mass is 16.3. The molecule has 20 heavy (non-hydrogen) atoms. The van der Waals surface area contributed by atoms with Crippen molar-refractivity contribution in [3.63, 3.8) is 0 Å². The van der Waals surface area contributed by atoms with Crippen LogP contribution < -0.4 is 4.90 Å². The first kappa shape index (κ1) is 12.5. The van der Waals surface area contributed by atoms with Crippen LogP contribution in [0.3, 0.4) is 0 Å². The van der Waals surface area contributed by atoms with E-state index >= 15 is 0 Å². The number of nitrogens with zero attached hydrogens (tertiary/aromatic N) is 2. The number of hydrogen-bond acceptors (Lipinski definition) is 3. The lowest BCUT2D eigenvalue weighted by atomic mass is 10.2. The lowest BCUT2D eigenvalue weighted by molar-refractivity contribution is 0.0794. The number of amides is 1. The molecule has 4 heteroatoms. The Morgan fingerprint density at radius 3 is 2.35 bits per heavy atom. The van der Waals surface area contributed by atoms with Crippen LogP contribution in [0.25, 0.3) is 0 Å². The van der Waals surface area contributed by atoms with Gasteiger partial charge in [0.25, 0.3) is 5.91 Å². The molecule has 1 fully saturated rings. The van der Waals surface area contributed by atoms with Crippen molar-refractivity contribution < 1.29 is 9.90 Å². The Morgan fingerprint density at radius 1 is 0.950 bits per heavy atom. The summed E-state index contributed by atoms with van der Waals surface area (Å²) in [5.41, 5.74) is 1.74. The Hall–Kier alpha value is -2.49. The predicted molar refractivity (Wildman–Crippen MR) is 77.8 cm³/mol. The standard InChI is InChI=1S/C16H16N2O2/c19-15-8-6-14(7-9-15)17-10-11-18(12-17)16(20)13-4-2-1-3-5-13/h1-9,19H,10-12H2. The second-order valence-electron chi connectivity index (χ2n) is 4.86. The van der Waals surface area contributed by atoms with Crippen molar-refractivity contribution in [3.05, 3.63) is 60.2 Å². The van der Waals surface area contributed by atoms with Gasteiger partial charge in [-0.1, -0.05) is 18.2 Å². The molecular formula is C16H16N2O2. The van der Waals surface area contributed by atoms with E-state index in [4.69, 9.17) is 0 Å². The summed E-state index contributed by atoms with van der Waals surface area (Å²) in [6.07, 6.45) is 0. The van der Waals surface area contributed by atoms with Gasteiger partial charge in [-0.05, 0) is 36.4 Å². The van der Waals surface area contributed by atoms with Crippen LogP contribution >= 0.6 is 0 Å². The molecule has 1 amide bonds. The van der Waals surface area contributed by atoms with Crippen LogP contribution in [0.15, 0.2) is 54.6 Å². The number of phenols is 1. The third-order valence-electron chi connectivity index (χ3n) is 3.50. The Bertz CT molecular complexity index is 596. The van der Waals surface area contributed by atoms with Crippen molar-refractivity contribution in [1.29, 1.82) is 0 Å². The maximum absolute atomic E-state index is 12.3. The van der Waals surface area contributed by atoms with Gasteiger partial charge < -0.3 is 14.9 Å². The molecule has 0 unspecified atom stereocenters. The number of anilines is 1. The maximum atomic E-state index is 12.3. The maximum Gasteiger partial charge on any atom is 0.255 e. The molecule has 3 rings (SSSR count). The molecule has 102 valence electrons. The monoisotopic (exact) mass is 268 g/mol. The van der Waals surface area contributed by atoms with Gasteiger partial charge in [0.2, 0.25) is 0 Å². The van der Waals surface area contributed by atoms with Gasteiger partial charge in [-0.2, -0.15) is 0 Å². The van der Waals surface area contributed by atoms with E-state index in [1.807, 2.05) is 47.4 Å². The number of rotatable bonds is 2. The van der Waals surface area contributed by atoms with Gasteiger partial charge in [0.1, 0.15) is 5.75 Å². The minimum atomic E-state index is 0.0619. The van der Waals surface area contributed by atoms with Crippen LogP contribution in [0.2, 0.25) is 0 Å². The van der Waals surface area contributed by atoms with E-state index in [1.54, 1.807) is 12.1 Å². The molecule has 1 heterocycles. The first-order valence-electron chi connectivity index (χ1n) is 6.62. The third kappa shape index (κ3) is 2.45. The van der Waals surface area contributed by atoms with E-state index in [2.05, 4.69) is 4.90 Å². The van der Waals surface area contributed by atoms with Crippen molar-refractivity contribution in [2.45, 2.75) is 0 Å². The number of aromatic hydroxyl groups is 1. The van der Waals surface area contributed by atoms with E-state index in [-0.39, 0.29) is 11.7 Å². The zero-order chi connectivity index (χ0) is 13.9. The molecule has 1 N–H and O–H groups in total. The summed E-state index contributed by atoms with van der Waals surface area (Å²) in [5, 5.41) is 9.31. The molecule has 0 spiro atoms. The molecule has 2 aromatic carbocycles. The molecule has 1 aliphatic rings. The van der Waals surface area contributed by atoms with Crippen LogP contribution in [-0.2, 0) is 0 Å². The highest BCUT2D eigenvalue weighted by Gasteiger charge is 2.24. The average molecular weight is 268 g/mol. The van der Waals surface area contributed by atoms with Gasteiger partial charge in [0.15, 0.2) is 0 Å². The van der Waals surface area contributed by atoms with Gasteiger partial charge >= 0.3 is 0 Å². The van der Waals surface area contributed by atoms with E-state index in [1.165, 1.54) is 0 Å². The zero-order valence-electron chi connectivity index (χ0n) is 11.1. The van der Waals surface area contributed by atoms with Gasteiger partial charge in [-0.25, -0.2) is 0 Å². The summed E-state index contributed by atoms with van der Waals surface area (Å²) in [6.45, 7) is 2.11. The number of carbonyl (C=O) groups excluding carboxylic acids is 1. The fraction of sp³-hybridized carbons (Fsp3) is 0.188. The highest BCUT2D eigenvalue weighted by molar-refractivity contribution is 5.94. The van der Waals surface area contributed by atoms with E-state index in [0.29, 0.717) is 13.2 Å². The van der Waals surface area contributed by atoms with Crippen LogP contribution in [0.4, 0.5) is 5.69 Å². The minimum Gasteiger partial charge on any atom is -0.508 e. The van der Waals surface area contributed by atoms with Crippen molar-refractivity contribution in [1.82, 2.24) is 4.90 Å². The Labute approximate surface area is 117 Å². The number of hydrogen-bond donors (Lipinski definition) is 1. The van der Waals surface area contributed by atoms with Gasteiger partial charge in [0, 0.05) is 24.3 Å². The van der Waals surface area contributed by atoms with Crippen molar-refractivity contribution >= 4 is 11.6 Å². The van der Waals surface area contributed by atoms with Gasteiger partial charge in [-0.15, -0.1) is 0 Å². The molecule has 1 aliphatic heterocycles. The van der Waals surface area contributed by atoms with Crippen molar-refractivity contribution in [2.24, 2.45) is 0 Å². The molecule has 0 bridgehead atoms. The molecule has 0 radical (unpaired) electrons. The van der Waals surface area contributed by atoms with E-state index < -0.39 is 0 Å². The summed E-state index contributed by atoms with van der Waals surface area (Å²) >= 11 is 0. The molecule has 0 atom stereocenters. The van der Waals surface area contributed by atoms with Crippen molar-refractivity contribution in [2.75, 3.05) is 24.7 Å². The van der Waals surface area contributed by atoms with E-state index in [9.17, 15) is 9.90 Å². The second-order valence-corrected chi connectivity index (χ2v) is 4.86. The van der Waals surface area contributed by atoms with Gasteiger partial charge in [-0.3, -0.25) is 4.79 Å². The quantitative estimate of drug-likeness (QED) is 0.909. The van der Waals surface area contributed by atoms with E-state index in [0.717, 1.165) is 17.8 Å². The second kappa shape index (κ2) is 5.25. The minimum absolute atomic E-state index is 0.0619. The molecule has 2 aromatic rings. The van der Waals surface area contributed by atoms with Crippen LogP contribution in [0.1, 0.15) is 10.4 Å². The first-order chi connectivity index (χ1) is 9.74. The van der Waals surface area contributed by atoms with Gasteiger partial charge in [0.05, 0.1) is 6.67 Å². The Balaban J connectivity index is 1.71. The van der Waals surface area contributed by atoms with Crippen LogP contribution in [0.5, 0.6) is 5.75 Å². The fourth-order valence-corrected chi connectivity index (χ4v) is 2.39. The van der Waals surface area contributed by atoms with Crippen LogP contribution in [-0.4, -0.2) is 35.7 Å². The summed E-state index contributed by atoms with van der Waals surface area (Å²) in [6, 6.07) is 16.4. The number of phenolic OH excluding ortho intramolecular Hbond substituents is 1. The lowest BCUT2D eigenvalue weighted by Gasteiger charge is -2.20. The zero-order valence-corrected chi connectivity index (χ0v) is 11.1. The SMILES string of the molecule is O=C(c1ccccc1)N1CCN(c2ccc(O)cc2)C1. The fourth-order valence-electron chi connectivity index (χ4n) is 2.39. The molecule has 4 nitrogen and oxygen atoms in total. The third-order valence-corrected chi connectivity index (χ3v) is 3.50. The summed E-state index contributed by atoms with van der Waals surface area (Å²) in [5.74, 6) is 0.317. The average Bonchev–Trinajstić information content (AvgIpc) is 2.98. The number of benzene rings is 2. The molecule has 0 aliphatic carbocycles. The highest BCUT2D eigenvalue weighted by Crippen LogP contribution is 2.22. The van der Waals surface area contributed by atoms with Crippen molar-refractivity contribution in [3.8, 4) is 5.75 Å². The normalized spacial score (nSPS) is 14.6. The molecule has 1 saturated heterocycles. The first-order valence-corrected chi connectivity index (χ1v) is 6.62. The predicted octanol–water partition coefficient (Wildman–Crippen LogP) is 2.31. The molecule has 0 saturated carbocycles. The number of carbonyl (C=O) groups is 1. The summed E-state index contributed by atoms with van der Waals surface area (Å²) < 4.78 is 0. The topological polar surface area (TPSA) is 43.8 Å².